The second kappa shape index (κ2) is 14.4. The van der Waals surface area contributed by atoms with Crippen LogP contribution in [0, 0.1) is 22.7 Å². The van der Waals surface area contributed by atoms with E-state index in [9.17, 15) is 40.9 Å². The molecule has 2 heterocycles. The number of aliphatic hydroxyl groups is 8. The molecule has 2 aliphatic heterocycles. The van der Waals surface area contributed by atoms with Gasteiger partial charge in [0.25, 0.3) is 0 Å². The zero-order chi connectivity index (χ0) is 32.6. The van der Waals surface area contributed by atoms with Crippen LogP contribution < -0.4 is 0 Å². The number of fused-ring (bicyclic) bond motifs is 1. The van der Waals surface area contributed by atoms with Crippen LogP contribution in [-0.2, 0) is 18.9 Å². The van der Waals surface area contributed by atoms with Gasteiger partial charge in [0.05, 0.1) is 25.9 Å². The Morgan fingerprint density at radius 1 is 0.864 bits per heavy atom. The fraction of sp³-hybridized carbons (Fsp3) is 0.875. The lowest BCUT2D eigenvalue weighted by atomic mass is 9.46. The third-order valence-electron chi connectivity index (χ3n) is 11.0. The van der Waals surface area contributed by atoms with Gasteiger partial charge in [0.2, 0.25) is 0 Å². The highest BCUT2D eigenvalue weighted by Gasteiger charge is 2.57. The highest BCUT2D eigenvalue weighted by atomic mass is 16.7. The maximum atomic E-state index is 10.6. The van der Waals surface area contributed by atoms with E-state index in [2.05, 4.69) is 27.4 Å². The van der Waals surface area contributed by atoms with E-state index in [0.717, 1.165) is 37.7 Å². The van der Waals surface area contributed by atoms with E-state index in [1.807, 2.05) is 13.0 Å². The van der Waals surface area contributed by atoms with Crippen molar-refractivity contribution in [3.05, 3.63) is 23.8 Å². The van der Waals surface area contributed by atoms with Gasteiger partial charge in [-0.25, -0.2) is 0 Å². The first-order chi connectivity index (χ1) is 20.7. The zero-order valence-corrected chi connectivity index (χ0v) is 26.4. The molecule has 0 spiro atoms. The van der Waals surface area contributed by atoms with Gasteiger partial charge in [-0.05, 0) is 68.1 Å². The molecule has 8 N–H and O–H groups in total. The SMILES string of the molecule is C=C1CC[C@H]2C(C)(C)C(O[C@H]3O[C@H](CO)[C@@H](O)[C@H](O)[C@H]3O)CC[C@]2(C)[C@H]1CC/C(C)=C/CO[C@H]1O[C@H](CO)[C@@H](O)[C@H](O)[C@H]1O. The highest BCUT2D eigenvalue weighted by Crippen LogP contribution is 2.62. The summed E-state index contributed by atoms with van der Waals surface area (Å²) in [4.78, 5) is 0. The Morgan fingerprint density at radius 3 is 2.02 bits per heavy atom. The number of allylic oxidation sites excluding steroid dienone is 2. The monoisotopic (exact) mass is 630 g/mol. The average molecular weight is 631 g/mol. The summed E-state index contributed by atoms with van der Waals surface area (Å²) < 4.78 is 23.0. The van der Waals surface area contributed by atoms with E-state index in [4.69, 9.17) is 18.9 Å². The van der Waals surface area contributed by atoms with E-state index in [1.54, 1.807) is 0 Å². The molecule has 0 radical (unpaired) electrons. The largest absolute Gasteiger partial charge is 0.394 e. The highest BCUT2D eigenvalue weighted by molar-refractivity contribution is 5.18. The first-order valence-electron chi connectivity index (χ1n) is 15.9. The third-order valence-corrected chi connectivity index (χ3v) is 11.0. The van der Waals surface area contributed by atoms with Crippen molar-refractivity contribution in [2.45, 2.75) is 134 Å². The third kappa shape index (κ3) is 6.97. The van der Waals surface area contributed by atoms with Crippen LogP contribution in [-0.4, -0.2) is 128 Å². The zero-order valence-electron chi connectivity index (χ0n) is 26.4. The van der Waals surface area contributed by atoms with Gasteiger partial charge in [-0.2, -0.15) is 0 Å². The average Bonchev–Trinajstić information content (AvgIpc) is 2.98. The molecular weight excluding hydrogens is 576 g/mol. The van der Waals surface area contributed by atoms with Crippen molar-refractivity contribution in [3.63, 3.8) is 0 Å². The molecule has 2 saturated heterocycles. The van der Waals surface area contributed by atoms with Crippen LogP contribution in [0.15, 0.2) is 23.8 Å². The molecule has 14 atom stereocenters. The van der Waals surface area contributed by atoms with Crippen LogP contribution in [0.3, 0.4) is 0 Å². The lowest BCUT2D eigenvalue weighted by molar-refractivity contribution is -0.327. The lowest BCUT2D eigenvalue weighted by Gasteiger charge is -2.60. The predicted molar refractivity (Wildman–Crippen MR) is 158 cm³/mol. The van der Waals surface area contributed by atoms with E-state index < -0.39 is 74.6 Å². The molecule has 12 nitrogen and oxygen atoms in total. The molecule has 1 unspecified atom stereocenters. The predicted octanol–water partition coefficient (Wildman–Crippen LogP) is 0.123. The van der Waals surface area contributed by atoms with Crippen molar-refractivity contribution < 1.29 is 59.8 Å². The Labute approximate surface area is 259 Å². The molecule has 0 aromatic carbocycles. The lowest BCUT2D eigenvalue weighted by Crippen LogP contribution is -2.62. The second-order valence-corrected chi connectivity index (χ2v) is 14.1. The Bertz CT molecular complexity index is 1000. The summed E-state index contributed by atoms with van der Waals surface area (Å²) >= 11 is 0. The molecule has 0 aromatic rings. The second-order valence-electron chi connectivity index (χ2n) is 14.1. The molecule has 0 amide bonds. The number of hydrogen-bond acceptors (Lipinski definition) is 12. The van der Waals surface area contributed by atoms with E-state index in [0.29, 0.717) is 6.42 Å². The van der Waals surface area contributed by atoms with Crippen molar-refractivity contribution in [1.29, 1.82) is 0 Å². The first-order valence-corrected chi connectivity index (χ1v) is 15.9. The first kappa shape index (κ1) is 35.8. The molecule has 12 heteroatoms. The number of rotatable bonds is 10. The molecule has 4 rings (SSSR count). The van der Waals surface area contributed by atoms with Gasteiger partial charge >= 0.3 is 0 Å². The molecule has 254 valence electrons. The summed E-state index contributed by atoms with van der Waals surface area (Å²) in [7, 11) is 0. The van der Waals surface area contributed by atoms with Crippen molar-refractivity contribution in [1.82, 2.24) is 0 Å². The maximum absolute atomic E-state index is 10.6. The summed E-state index contributed by atoms with van der Waals surface area (Å²) in [5.74, 6) is 0.552. The minimum Gasteiger partial charge on any atom is -0.394 e. The molecule has 4 fully saturated rings. The van der Waals surface area contributed by atoms with Gasteiger partial charge in [-0.1, -0.05) is 44.6 Å². The molecule has 4 aliphatic rings. The molecule has 2 saturated carbocycles. The summed E-state index contributed by atoms with van der Waals surface area (Å²) in [6.45, 7) is 12.3. The molecule has 2 aliphatic carbocycles. The molecular formula is C32H54O12. The fourth-order valence-electron chi connectivity index (χ4n) is 8.24. The fourth-order valence-corrected chi connectivity index (χ4v) is 8.24. The van der Waals surface area contributed by atoms with Crippen molar-refractivity contribution in [2.75, 3.05) is 19.8 Å². The van der Waals surface area contributed by atoms with E-state index in [1.165, 1.54) is 5.57 Å². The summed E-state index contributed by atoms with van der Waals surface area (Å²) in [6.07, 6.45) is -6.31. The van der Waals surface area contributed by atoms with Gasteiger partial charge in [-0.15, -0.1) is 0 Å². The van der Waals surface area contributed by atoms with Crippen LogP contribution in [0.4, 0.5) is 0 Å². The van der Waals surface area contributed by atoms with Gasteiger partial charge in [-0.3, -0.25) is 0 Å². The van der Waals surface area contributed by atoms with Gasteiger partial charge in [0.1, 0.15) is 48.8 Å². The van der Waals surface area contributed by atoms with Crippen LogP contribution in [0.1, 0.15) is 66.2 Å². The maximum Gasteiger partial charge on any atom is 0.187 e. The van der Waals surface area contributed by atoms with Crippen LogP contribution >= 0.6 is 0 Å². The Hall–Kier alpha value is -1.00. The van der Waals surface area contributed by atoms with Crippen molar-refractivity contribution in [3.8, 4) is 0 Å². The minimum absolute atomic E-state index is 0.0405. The van der Waals surface area contributed by atoms with Crippen molar-refractivity contribution >= 4 is 0 Å². The van der Waals surface area contributed by atoms with Crippen molar-refractivity contribution in [2.24, 2.45) is 22.7 Å². The number of aliphatic hydroxyl groups excluding tert-OH is 8. The van der Waals surface area contributed by atoms with Gasteiger partial charge < -0.3 is 59.8 Å². The van der Waals surface area contributed by atoms with Crippen LogP contribution in [0.5, 0.6) is 0 Å². The number of hydrogen-bond donors (Lipinski definition) is 8. The smallest absolute Gasteiger partial charge is 0.187 e. The Morgan fingerprint density at radius 2 is 1.43 bits per heavy atom. The van der Waals surface area contributed by atoms with Crippen LogP contribution in [0.2, 0.25) is 0 Å². The summed E-state index contributed by atoms with van der Waals surface area (Å²) in [6, 6.07) is 0. The van der Waals surface area contributed by atoms with Crippen LogP contribution in [0.25, 0.3) is 0 Å². The van der Waals surface area contributed by atoms with Gasteiger partial charge in [0, 0.05) is 0 Å². The standard InChI is InChI=1S/C32H54O12/c1-16(11-13-41-29-27(39)25(37)23(35)19(14-33)42-29)6-8-18-17(2)7-9-21-31(3,4)22(10-12-32(18,21)5)44-30-28(40)26(38)24(36)20(15-34)43-30/h11,18-30,33-40H,2,6-10,12-15H2,1,3-5H3/b16-11+/t18-,19+,20+,21-,22?,23+,24+,25-,26-,27+,28+,29-,30+,32+/m0/s1. The summed E-state index contributed by atoms with van der Waals surface area (Å²) in [5, 5.41) is 80.1. The van der Waals surface area contributed by atoms with E-state index >= 15 is 0 Å². The quantitative estimate of drug-likeness (QED) is 0.120. The minimum atomic E-state index is -1.48. The van der Waals surface area contributed by atoms with E-state index in [-0.39, 0.29) is 35.4 Å². The molecule has 0 aromatic heterocycles. The van der Waals surface area contributed by atoms with Gasteiger partial charge in [0.15, 0.2) is 12.6 Å². The Balaban J connectivity index is 1.37. The topological polar surface area (TPSA) is 199 Å². The normalized spacial score (nSPS) is 46.5. The molecule has 0 bridgehead atoms. The summed E-state index contributed by atoms with van der Waals surface area (Å²) in [5.41, 5.74) is 1.99. The number of ether oxygens (including phenoxy) is 4. The Kier molecular flexibility index (Phi) is 11.7. The molecule has 44 heavy (non-hydrogen) atoms.